The lowest BCUT2D eigenvalue weighted by molar-refractivity contribution is -0.122. The number of carbonyl (C=O) groups excluding carboxylic acids is 1. The van der Waals surface area contributed by atoms with Gasteiger partial charge < -0.3 is 19.9 Å². The molecule has 3 aromatic carbocycles. The Morgan fingerprint density at radius 2 is 1.60 bits per heavy atom. The summed E-state index contributed by atoms with van der Waals surface area (Å²) in [6.45, 7) is 8.01. The number of anilines is 3. The number of alkyl halides is 1. The van der Waals surface area contributed by atoms with Crippen LogP contribution >= 0.6 is 11.6 Å². The third-order valence-corrected chi connectivity index (χ3v) is 9.38. The molecule has 3 aromatic rings. The fourth-order valence-electron chi connectivity index (χ4n) is 4.53. The van der Waals surface area contributed by atoms with Crippen LogP contribution in [0.15, 0.2) is 77.7 Å². The lowest BCUT2D eigenvalue weighted by Gasteiger charge is -2.38. The number of ether oxygens (including phenoxy) is 1. The largest absolute Gasteiger partial charge is 0.497 e. The Balaban J connectivity index is 1.61. The number of nitrogens with zero attached hydrogens (tertiary/aromatic N) is 2. The first-order valence-corrected chi connectivity index (χ1v) is 15.3. The van der Waals surface area contributed by atoms with Gasteiger partial charge in [0, 0.05) is 49.5 Å². The van der Waals surface area contributed by atoms with Gasteiger partial charge in [-0.25, -0.2) is 13.1 Å². The summed E-state index contributed by atoms with van der Waals surface area (Å²) >= 11 is 5.99. The number of rotatable bonds is 10. The lowest BCUT2D eigenvalue weighted by atomic mass is 9.95. The molecule has 1 saturated heterocycles. The van der Waals surface area contributed by atoms with E-state index in [1.165, 1.54) is 6.07 Å². The number of hydrogen-bond donors (Lipinski definition) is 2. The zero-order valence-corrected chi connectivity index (χ0v) is 24.9. The molecule has 2 N–H and O–H groups in total. The van der Waals surface area contributed by atoms with E-state index < -0.39 is 21.5 Å². The summed E-state index contributed by atoms with van der Waals surface area (Å²) in [7, 11) is -2.31. The van der Waals surface area contributed by atoms with E-state index in [1.54, 1.807) is 33.1 Å². The second-order valence-corrected chi connectivity index (χ2v) is 12.5. The molecule has 1 aliphatic rings. The molecule has 0 spiro atoms. The van der Waals surface area contributed by atoms with Crippen LogP contribution in [-0.2, 0) is 14.8 Å². The van der Waals surface area contributed by atoms with Gasteiger partial charge in [-0.3, -0.25) is 4.79 Å². The van der Waals surface area contributed by atoms with Crippen molar-refractivity contribution in [2.45, 2.75) is 31.7 Å². The molecule has 1 atom stereocenters. The topological polar surface area (TPSA) is 91.0 Å². The molecule has 4 rings (SSSR count). The summed E-state index contributed by atoms with van der Waals surface area (Å²) in [6.07, 6.45) is 0. The van der Waals surface area contributed by atoms with E-state index in [-0.39, 0.29) is 16.7 Å². The lowest BCUT2D eigenvalue weighted by Crippen LogP contribution is -2.47. The van der Waals surface area contributed by atoms with E-state index in [0.29, 0.717) is 24.5 Å². The molecule has 1 amide bonds. The fourth-order valence-corrected chi connectivity index (χ4v) is 6.14. The highest BCUT2D eigenvalue weighted by Gasteiger charge is 2.30. The van der Waals surface area contributed by atoms with Crippen LogP contribution in [0.1, 0.15) is 32.4 Å². The number of nitrogens with one attached hydrogen (secondary N) is 2. The minimum atomic E-state index is -3.96. The molecule has 0 unspecified atom stereocenters. The van der Waals surface area contributed by atoms with E-state index in [9.17, 15) is 13.2 Å². The summed E-state index contributed by atoms with van der Waals surface area (Å²) in [5.74, 6) is 0.657. The molecule has 0 bridgehead atoms. The normalized spacial score (nSPS) is 15.0. The van der Waals surface area contributed by atoms with Gasteiger partial charge >= 0.3 is 0 Å². The van der Waals surface area contributed by atoms with Crippen molar-refractivity contribution in [2.24, 2.45) is 5.41 Å². The van der Waals surface area contributed by atoms with Crippen LogP contribution in [0.3, 0.4) is 0 Å². The number of amides is 1. The van der Waals surface area contributed by atoms with Crippen molar-refractivity contribution in [3.63, 3.8) is 0 Å². The summed E-state index contributed by atoms with van der Waals surface area (Å²) in [5.41, 5.74) is 2.13. The second-order valence-electron chi connectivity index (χ2n) is 10.6. The first kappa shape index (κ1) is 29.7. The molecule has 0 saturated carbocycles. The Kier molecular flexibility index (Phi) is 9.28. The van der Waals surface area contributed by atoms with E-state index in [4.69, 9.17) is 16.3 Å². The molecule has 40 heavy (non-hydrogen) atoms. The SMILES string of the molecule is COc1ccc(N2CCN(c3ccc(NC(=O)C(C)(C)CCl)cc3S(=O)(=O)N[C@H](C)c3ccccc3)CC2)cc1. The molecule has 1 aliphatic heterocycles. The number of methoxy groups -OCH3 is 1. The van der Waals surface area contributed by atoms with Crippen molar-refractivity contribution in [2.75, 3.05) is 54.3 Å². The summed E-state index contributed by atoms with van der Waals surface area (Å²) in [5, 5.41) is 2.85. The maximum absolute atomic E-state index is 13.8. The van der Waals surface area contributed by atoms with Crippen molar-refractivity contribution in [1.29, 1.82) is 0 Å². The molecular formula is C30H37ClN4O4S. The van der Waals surface area contributed by atoms with Crippen LogP contribution in [0.5, 0.6) is 5.75 Å². The van der Waals surface area contributed by atoms with Gasteiger partial charge in [0.25, 0.3) is 0 Å². The number of benzene rings is 3. The van der Waals surface area contributed by atoms with E-state index in [2.05, 4.69) is 19.8 Å². The Bertz CT molecular complexity index is 1410. The van der Waals surface area contributed by atoms with Crippen LogP contribution in [-0.4, -0.2) is 53.5 Å². The third kappa shape index (κ3) is 6.89. The Morgan fingerprint density at radius 3 is 2.20 bits per heavy atom. The third-order valence-electron chi connectivity index (χ3n) is 7.15. The van der Waals surface area contributed by atoms with Gasteiger partial charge in [-0.15, -0.1) is 11.6 Å². The molecule has 1 heterocycles. The van der Waals surface area contributed by atoms with Gasteiger partial charge in [-0.05, 0) is 68.8 Å². The van der Waals surface area contributed by atoms with Gasteiger partial charge in [-0.1, -0.05) is 30.3 Å². The van der Waals surface area contributed by atoms with Gasteiger partial charge in [0.15, 0.2) is 0 Å². The zero-order valence-electron chi connectivity index (χ0n) is 23.4. The summed E-state index contributed by atoms with van der Waals surface area (Å²) in [6, 6.07) is 21.9. The number of halogens is 1. The number of piperazine rings is 1. The maximum atomic E-state index is 13.8. The second kappa shape index (κ2) is 12.5. The van der Waals surface area contributed by atoms with Crippen LogP contribution in [0.4, 0.5) is 17.1 Å². The molecule has 0 aromatic heterocycles. The Hall–Kier alpha value is -3.27. The molecule has 10 heteroatoms. The zero-order chi connectivity index (χ0) is 28.9. The molecule has 0 aliphatic carbocycles. The summed E-state index contributed by atoms with van der Waals surface area (Å²) < 4.78 is 35.7. The predicted molar refractivity (Wildman–Crippen MR) is 162 cm³/mol. The predicted octanol–water partition coefficient (Wildman–Crippen LogP) is 5.26. The quantitative estimate of drug-likeness (QED) is 0.316. The van der Waals surface area contributed by atoms with Gasteiger partial charge in [0.05, 0.1) is 18.2 Å². The van der Waals surface area contributed by atoms with Crippen molar-refractivity contribution < 1.29 is 17.9 Å². The highest BCUT2D eigenvalue weighted by atomic mass is 35.5. The van der Waals surface area contributed by atoms with Gasteiger partial charge in [0.1, 0.15) is 10.6 Å². The van der Waals surface area contributed by atoms with E-state index >= 15 is 0 Å². The van der Waals surface area contributed by atoms with Crippen molar-refractivity contribution in [1.82, 2.24) is 4.72 Å². The first-order chi connectivity index (χ1) is 19.0. The number of hydrogen-bond acceptors (Lipinski definition) is 6. The highest BCUT2D eigenvalue weighted by Crippen LogP contribution is 2.32. The fraction of sp³-hybridized carbons (Fsp3) is 0.367. The molecule has 8 nitrogen and oxygen atoms in total. The molecule has 1 fully saturated rings. The molecular weight excluding hydrogens is 548 g/mol. The monoisotopic (exact) mass is 584 g/mol. The van der Waals surface area contributed by atoms with Gasteiger partial charge in [-0.2, -0.15) is 0 Å². The number of sulfonamides is 1. The Labute approximate surface area is 242 Å². The standard InChI is InChI=1S/C30H37ClN4O4S/c1-22(23-8-6-5-7-9-23)33-40(37,38)28-20-24(32-29(36)30(2,3)21-31)10-15-27(28)35-18-16-34(17-19-35)25-11-13-26(39-4)14-12-25/h5-15,20,22,33H,16-19,21H2,1-4H3,(H,32,36)/t22-/m1/s1. The summed E-state index contributed by atoms with van der Waals surface area (Å²) in [4.78, 5) is 17.3. The minimum Gasteiger partial charge on any atom is -0.497 e. The number of carbonyl (C=O) groups is 1. The first-order valence-electron chi connectivity index (χ1n) is 13.3. The highest BCUT2D eigenvalue weighted by molar-refractivity contribution is 7.89. The van der Waals surface area contributed by atoms with Gasteiger partial charge in [0.2, 0.25) is 15.9 Å². The van der Waals surface area contributed by atoms with Crippen molar-refractivity contribution >= 4 is 44.6 Å². The van der Waals surface area contributed by atoms with E-state index in [0.717, 1.165) is 30.1 Å². The minimum absolute atomic E-state index is 0.120. The van der Waals surface area contributed by atoms with Crippen molar-refractivity contribution in [3.05, 3.63) is 78.4 Å². The molecule has 214 valence electrons. The Morgan fingerprint density at radius 1 is 0.975 bits per heavy atom. The van der Waals surface area contributed by atoms with E-state index in [1.807, 2.05) is 61.5 Å². The van der Waals surface area contributed by atoms with Crippen LogP contribution < -0.4 is 24.6 Å². The smallest absolute Gasteiger partial charge is 0.243 e. The van der Waals surface area contributed by atoms with Crippen LogP contribution in [0.25, 0.3) is 0 Å². The van der Waals surface area contributed by atoms with Crippen LogP contribution in [0.2, 0.25) is 0 Å². The van der Waals surface area contributed by atoms with Crippen molar-refractivity contribution in [3.8, 4) is 5.75 Å². The van der Waals surface area contributed by atoms with Crippen LogP contribution in [0, 0.1) is 5.41 Å². The molecule has 0 radical (unpaired) electrons. The average Bonchev–Trinajstić information content (AvgIpc) is 2.97. The maximum Gasteiger partial charge on any atom is 0.243 e. The average molecular weight is 585 g/mol.